The van der Waals surface area contributed by atoms with Crippen LogP contribution in [0.5, 0.6) is 0 Å². The van der Waals surface area contributed by atoms with Crippen molar-refractivity contribution in [3.63, 3.8) is 0 Å². The largest absolute Gasteiger partial charge is 0.346 e. The third-order valence-corrected chi connectivity index (χ3v) is 6.37. The number of carbonyl (C=O) groups is 2. The Kier molecular flexibility index (Phi) is 4.95. The fraction of sp³-hybridized carbons (Fsp3) is 0.0800. The molecule has 0 unspecified atom stereocenters. The summed E-state index contributed by atoms with van der Waals surface area (Å²) in [6.45, 7) is 0. The van der Waals surface area contributed by atoms with Crippen molar-refractivity contribution in [2.75, 3.05) is 19.4 Å². The Morgan fingerprint density at radius 3 is 2.72 bits per heavy atom. The molecule has 0 aliphatic carbocycles. The molecule has 3 heterocycles. The predicted molar refractivity (Wildman–Crippen MR) is 129 cm³/mol. The monoisotopic (exact) mass is 440 g/mol. The molecule has 0 radical (unpaired) electrons. The van der Waals surface area contributed by atoms with E-state index in [4.69, 9.17) is 0 Å². The second-order valence-electron chi connectivity index (χ2n) is 7.70. The van der Waals surface area contributed by atoms with Gasteiger partial charge in [-0.05, 0) is 48.0 Å². The summed E-state index contributed by atoms with van der Waals surface area (Å²) >= 11 is 1.44. The van der Waals surface area contributed by atoms with Crippen LogP contribution in [0.3, 0.4) is 0 Å². The molecule has 0 saturated heterocycles. The van der Waals surface area contributed by atoms with Crippen LogP contribution in [0.1, 0.15) is 20.0 Å². The van der Waals surface area contributed by atoms with Crippen LogP contribution in [0, 0.1) is 0 Å². The van der Waals surface area contributed by atoms with Crippen molar-refractivity contribution in [3.05, 3.63) is 83.5 Å². The molecule has 0 saturated carbocycles. The highest BCUT2D eigenvalue weighted by Gasteiger charge is 2.15. The van der Waals surface area contributed by atoms with E-state index >= 15 is 0 Å². The number of nitrogens with zero attached hydrogens (tertiary/aromatic N) is 2. The summed E-state index contributed by atoms with van der Waals surface area (Å²) < 4.78 is 1.03. The summed E-state index contributed by atoms with van der Waals surface area (Å²) in [6.07, 6.45) is 3.72. The standard InChI is InChI=1S/C25H20N4O2S/c1-29(2)25(31)16-5-3-6-18(12-16)28-24(30)22-13-20-19(7-4-8-21(20)32-22)17-11-15-9-10-26-23(15)27-14-17/h3-14H,1-2H3,(H,26,27)(H,28,30). The minimum absolute atomic E-state index is 0.111. The van der Waals surface area contributed by atoms with E-state index in [1.165, 1.54) is 16.2 Å². The summed E-state index contributed by atoms with van der Waals surface area (Å²) in [7, 11) is 3.40. The van der Waals surface area contributed by atoms with Crippen molar-refractivity contribution in [1.29, 1.82) is 0 Å². The molecule has 32 heavy (non-hydrogen) atoms. The third kappa shape index (κ3) is 3.63. The van der Waals surface area contributed by atoms with Crippen LogP contribution in [-0.4, -0.2) is 40.8 Å². The van der Waals surface area contributed by atoms with Gasteiger partial charge in [-0.2, -0.15) is 0 Å². The SMILES string of the molecule is CN(C)C(=O)c1cccc(NC(=O)c2cc3c(-c4cnc5[nH]ccc5c4)cccc3s2)c1. The van der Waals surface area contributed by atoms with Crippen LogP contribution in [0.15, 0.2) is 73.1 Å². The Hall–Kier alpha value is -3.97. The first-order valence-electron chi connectivity index (χ1n) is 10.1. The van der Waals surface area contributed by atoms with Crippen molar-refractivity contribution in [2.45, 2.75) is 0 Å². The van der Waals surface area contributed by atoms with Crippen molar-refractivity contribution >= 4 is 50.0 Å². The van der Waals surface area contributed by atoms with Crippen molar-refractivity contribution in [2.24, 2.45) is 0 Å². The zero-order valence-corrected chi connectivity index (χ0v) is 18.4. The summed E-state index contributed by atoms with van der Waals surface area (Å²) in [5.74, 6) is -0.314. The number of hydrogen-bond acceptors (Lipinski definition) is 4. The number of thiophene rings is 1. The molecule has 0 bridgehead atoms. The van der Waals surface area contributed by atoms with Gasteiger partial charge in [0.1, 0.15) is 5.65 Å². The number of hydrogen-bond donors (Lipinski definition) is 2. The first-order chi connectivity index (χ1) is 15.5. The van der Waals surface area contributed by atoms with E-state index in [-0.39, 0.29) is 11.8 Å². The van der Waals surface area contributed by atoms with Crippen LogP contribution in [0.25, 0.3) is 32.2 Å². The van der Waals surface area contributed by atoms with Crippen LogP contribution in [0.2, 0.25) is 0 Å². The van der Waals surface area contributed by atoms with Gasteiger partial charge < -0.3 is 15.2 Å². The maximum Gasteiger partial charge on any atom is 0.265 e. The van der Waals surface area contributed by atoms with Gasteiger partial charge in [0, 0.05) is 58.8 Å². The number of carbonyl (C=O) groups excluding carboxylic acids is 2. The number of pyridine rings is 1. The number of fused-ring (bicyclic) bond motifs is 2. The van der Waals surface area contributed by atoms with Crippen LogP contribution in [-0.2, 0) is 0 Å². The fourth-order valence-corrected chi connectivity index (χ4v) is 4.68. The Morgan fingerprint density at radius 1 is 1.03 bits per heavy atom. The molecule has 3 aromatic heterocycles. The minimum atomic E-state index is -0.203. The molecule has 7 heteroatoms. The molecule has 0 atom stereocenters. The Balaban J connectivity index is 1.46. The number of amides is 2. The average Bonchev–Trinajstić information content (AvgIpc) is 3.45. The maximum absolute atomic E-state index is 13.0. The van der Waals surface area contributed by atoms with Gasteiger partial charge in [0.15, 0.2) is 0 Å². The van der Waals surface area contributed by atoms with Crippen molar-refractivity contribution < 1.29 is 9.59 Å². The number of anilines is 1. The van der Waals surface area contributed by atoms with Gasteiger partial charge in [0.2, 0.25) is 0 Å². The highest BCUT2D eigenvalue weighted by Crippen LogP contribution is 2.35. The first kappa shape index (κ1) is 20.0. The number of rotatable bonds is 4. The number of H-pyrrole nitrogens is 1. The van der Waals surface area contributed by atoms with E-state index in [1.807, 2.05) is 42.7 Å². The number of aromatic amines is 1. The molecule has 0 aliphatic rings. The highest BCUT2D eigenvalue weighted by atomic mass is 32.1. The summed E-state index contributed by atoms with van der Waals surface area (Å²) in [6, 6.07) is 19.0. The normalized spacial score (nSPS) is 11.1. The lowest BCUT2D eigenvalue weighted by Gasteiger charge is -2.11. The fourth-order valence-electron chi connectivity index (χ4n) is 3.69. The lowest BCUT2D eigenvalue weighted by Crippen LogP contribution is -2.21. The van der Waals surface area contributed by atoms with Gasteiger partial charge in [-0.1, -0.05) is 18.2 Å². The Labute approximate surface area is 188 Å². The van der Waals surface area contributed by atoms with E-state index in [0.29, 0.717) is 16.1 Å². The van der Waals surface area contributed by atoms with Crippen LogP contribution >= 0.6 is 11.3 Å². The van der Waals surface area contributed by atoms with E-state index in [1.54, 1.807) is 38.4 Å². The van der Waals surface area contributed by atoms with Gasteiger partial charge in [-0.25, -0.2) is 4.98 Å². The lowest BCUT2D eigenvalue weighted by molar-refractivity contribution is 0.0827. The van der Waals surface area contributed by atoms with E-state index in [9.17, 15) is 9.59 Å². The highest BCUT2D eigenvalue weighted by molar-refractivity contribution is 7.21. The van der Waals surface area contributed by atoms with Crippen molar-refractivity contribution in [1.82, 2.24) is 14.9 Å². The third-order valence-electron chi connectivity index (χ3n) is 5.27. The zero-order chi connectivity index (χ0) is 22.2. The maximum atomic E-state index is 13.0. The molecule has 0 fully saturated rings. The van der Waals surface area contributed by atoms with E-state index < -0.39 is 0 Å². The molecule has 5 aromatic rings. The Morgan fingerprint density at radius 2 is 1.88 bits per heavy atom. The summed E-state index contributed by atoms with van der Waals surface area (Å²) in [5, 5.41) is 4.97. The molecule has 0 aliphatic heterocycles. The molecule has 158 valence electrons. The van der Waals surface area contributed by atoms with E-state index in [0.717, 1.165) is 32.2 Å². The second-order valence-corrected chi connectivity index (χ2v) is 8.79. The van der Waals surface area contributed by atoms with Crippen molar-refractivity contribution in [3.8, 4) is 11.1 Å². The first-order valence-corrected chi connectivity index (χ1v) is 10.9. The number of aromatic nitrogens is 2. The molecule has 5 rings (SSSR count). The molecule has 2 aromatic carbocycles. The number of benzene rings is 2. The van der Waals surface area contributed by atoms with Gasteiger partial charge in [-0.3, -0.25) is 9.59 Å². The topological polar surface area (TPSA) is 78.1 Å². The quantitative estimate of drug-likeness (QED) is 0.393. The summed E-state index contributed by atoms with van der Waals surface area (Å²) in [5.41, 5.74) is 4.00. The predicted octanol–water partition coefficient (Wildman–Crippen LogP) is 5.40. The molecule has 6 nitrogen and oxygen atoms in total. The molecule has 2 amide bonds. The van der Waals surface area contributed by atoms with Crippen LogP contribution in [0.4, 0.5) is 5.69 Å². The molecule has 2 N–H and O–H groups in total. The minimum Gasteiger partial charge on any atom is -0.346 e. The molecule has 0 spiro atoms. The smallest absolute Gasteiger partial charge is 0.265 e. The van der Waals surface area contributed by atoms with Gasteiger partial charge in [0.25, 0.3) is 11.8 Å². The molecular weight excluding hydrogens is 420 g/mol. The summed E-state index contributed by atoms with van der Waals surface area (Å²) in [4.78, 5) is 34.9. The zero-order valence-electron chi connectivity index (χ0n) is 17.5. The average molecular weight is 441 g/mol. The van der Waals surface area contributed by atoms with Gasteiger partial charge >= 0.3 is 0 Å². The van der Waals surface area contributed by atoms with E-state index in [2.05, 4.69) is 21.4 Å². The van der Waals surface area contributed by atoms with Gasteiger partial charge in [-0.15, -0.1) is 11.3 Å². The van der Waals surface area contributed by atoms with Crippen LogP contribution < -0.4 is 5.32 Å². The van der Waals surface area contributed by atoms with Gasteiger partial charge in [0.05, 0.1) is 4.88 Å². The second kappa shape index (κ2) is 7.94. The Bertz CT molecular complexity index is 1480. The molecular formula is C25H20N4O2S. The lowest BCUT2D eigenvalue weighted by atomic mass is 10.0. The number of nitrogens with one attached hydrogen (secondary N) is 2.